The first-order chi connectivity index (χ1) is 14.1. The van der Waals surface area contributed by atoms with Crippen LogP contribution in [0.3, 0.4) is 0 Å². The van der Waals surface area contributed by atoms with Gasteiger partial charge in [-0.3, -0.25) is 14.3 Å². The number of carbonyl (C=O) groups excluding carboxylic acids is 1. The highest BCUT2D eigenvalue weighted by molar-refractivity contribution is 6.01. The smallest absolute Gasteiger partial charge is 0.295 e. The number of hydrogen-bond acceptors (Lipinski definition) is 2. The van der Waals surface area contributed by atoms with Crippen LogP contribution < -0.4 is 10.9 Å². The molecule has 5 heteroatoms. The van der Waals surface area contributed by atoms with Crippen molar-refractivity contribution in [3.05, 3.63) is 81.8 Å². The first kappa shape index (κ1) is 20.2. The predicted octanol–water partition coefficient (Wildman–Crippen LogP) is 4.45. The number of hydrogen-bond donors (Lipinski definition) is 1. The van der Waals surface area contributed by atoms with E-state index in [0.29, 0.717) is 5.69 Å². The SMILES string of the molecule is Cc1c(NC(=O)C2(c3ccc(C(C)(C)C)cc3)CC2)c(=O)n(-c2ccccc2)n1C. The number of anilines is 1. The highest BCUT2D eigenvalue weighted by atomic mass is 16.2. The zero-order valence-corrected chi connectivity index (χ0v) is 18.3. The molecule has 3 aromatic rings. The summed E-state index contributed by atoms with van der Waals surface area (Å²) in [5, 5.41) is 2.96. The summed E-state index contributed by atoms with van der Waals surface area (Å²) in [6, 6.07) is 17.8. The lowest BCUT2D eigenvalue weighted by Gasteiger charge is -2.21. The minimum atomic E-state index is -0.539. The Labute approximate surface area is 177 Å². The van der Waals surface area contributed by atoms with Crippen LogP contribution in [0.2, 0.25) is 0 Å². The third kappa shape index (κ3) is 3.28. The minimum Gasteiger partial charge on any atom is -0.319 e. The molecule has 1 fully saturated rings. The number of amides is 1. The topological polar surface area (TPSA) is 56.0 Å². The maximum absolute atomic E-state index is 13.3. The fourth-order valence-electron chi connectivity index (χ4n) is 4.01. The van der Waals surface area contributed by atoms with E-state index in [2.05, 4.69) is 50.4 Å². The zero-order valence-electron chi connectivity index (χ0n) is 18.3. The average molecular weight is 404 g/mol. The second-order valence-corrected chi connectivity index (χ2v) is 9.30. The molecule has 0 unspecified atom stereocenters. The lowest BCUT2D eigenvalue weighted by Crippen LogP contribution is -2.30. The summed E-state index contributed by atoms with van der Waals surface area (Å²) in [4.78, 5) is 26.4. The van der Waals surface area contributed by atoms with Gasteiger partial charge in [0, 0.05) is 7.05 Å². The maximum Gasteiger partial charge on any atom is 0.295 e. The molecule has 0 saturated heterocycles. The van der Waals surface area contributed by atoms with Gasteiger partial charge in [0.25, 0.3) is 5.56 Å². The average Bonchev–Trinajstić information content (AvgIpc) is 3.50. The highest BCUT2D eigenvalue weighted by Crippen LogP contribution is 2.49. The van der Waals surface area contributed by atoms with Gasteiger partial charge in [0.1, 0.15) is 5.69 Å². The monoisotopic (exact) mass is 403 g/mol. The largest absolute Gasteiger partial charge is 0.319 e. The van der Waals surface area contributed by atoms with Crippen molar-refractivity contribution in [2.24, 2.45) is 7.05 Å². The molecule has 0 atom stereocenters. The van der Waals surface area contributed by atoms with Crippen LogP contribution in [-0.2, 0) is 22.7 Å². The molecule has 1 aliphatic carbocycles. The van der Waals surface area contributed by atoms with E-state index in [-0.39, 0.29) is 16.9 Å². The van der Waals surface area contributed by atoms with E-state index in [1.807, 2.05) is 44.3 Å². The molecular formula is C25H29N3O2. The van der Waals surface area contributed by atoms with Gasteiger partial charge in [0.15, 0.2) is 0 Å². The molecule has 5 nitrogen and oxygen atoms in total. The van der Waals surface area contributed by atoms with Crippen LogP contribution in [0.15, 0.2) is 59.4 Å². The second kappa shape index (κ2) is 7.01. The number of para-hydroxylation sites is 1. The van der Waals surface area contributed by atoms with Crippen molar-refractivity contribution < 1.29 is 4.79 Å². The Hall–Kier alpha value is -3.08. The van der Waals surface area contributed by atoms with E-state index in [0.717, 1.165) is 29.8 Å². The van der Waals surface area contributed by atoms with Crippen LogP contribution >= 0.6 is 0 Å². The Morgan fingerprint density at radius 1 is 1.00 bits per heavy atom. The van der Waals surface area contributed by atoms with Crippen molar-refractivity contribution in [1.82, 2.24) is 9.36 Å². The Morgan fingerprint density at radius 2 is 1.60 bits per heavy atom. The molecule has 0 aliphatic heterocycles. The quantitative estimate of drug-likeness (QED) is 0.700. The van der Waals surface area contributed by atoms with Crippen molar-refractivity contribution in [2.45, 2.75) is 51.4 Å². The second-order valence-electron chi connectivity index (χ2n) is 9.30. The van der Waals surface area contributed by atoms with E-state index in [9.17, 15) is 9.59 Å². The van der Waals surface area contributed by atoms with Gasteiger partial charge in [-0.2, -0.15) is 0 Å². The zero-order chi connectivity index (χ0) is 21.7. The van der Waals surface area contributed by atoms with Crippen LogP contribution in [0.5, 0.6) is 0 Å². The normalized spacial score (nSPS) is 15.1. The van der Waals surface area contributed by atoms with E-state index in [1.54, 1.807) is 9.36 Å². The Bertz CT molecular complexity index is 1140. The fraction of sp³-hybridized carbons (Fsp3) is 0.360. The summed E-state index contributed by atoms with van der Waals surface area (Å²) in [6.45, 7) is 8.39. The van der Waals surface area contributed by atoms with Gasteiger partial charge < -0.3 is 5.32 Å². The summed E-state index contributed by atoms with van der Waals surface area (Å²) in [6.07, 6.45) is 1.60. The molecule has 0 radical (unpaired) electrons. The van der Waals surface area contributed by atoms with Gasteiger partial charge in [-0.05, 0) is 48.4 Å². The van der Waals surface area contributed by atoms with Gasteiger partial charge in [0.2, 0.25) is 5.91 Å². The standard InChI is InChI=1S/C25H29N3O2/c1-17-21(22(29)28(27(17)5)20-9-7-6-8-10-20)26-23(30)25(15-16-25)19-13-11-18(12-14-19)24(2,3)4/h6-14H,15-16H2,1-5H3,(H,26,30). The van der Waals surface area contributed by atoms with Crippen LogP contribution in [0.25, 0.3) is 5.69 Å². The summed E-state index contributed by atoms with van der Waals surface area (Å²) in [7, 11) is 1.83. The molecule has 156 valence electrons. The van der Waals surface area contributed by atoms with Crippen molar-refractivity contribution in [3.8, 4) is 5.69 Å². The molecule has 0 bridgehead atoms. The number of benzene rings is 2. The van der Waals surface area contributed by atoms with E-state index in [4.69, 9.17) is 0 Å². The van der Waals surface area contributed by atoms with Crippen molar-refractivity contribution in [2.75, 3.05) is 5.32 Å². The molecule has 1 amide bonds. The molecule has 1 N–H and O–H groups in total. The lowest BCUT2D eigenvalue weighted by atomic mass is 9.85. The van der Waals surface area contributed by atoms with Crippen LogP contribution in [0.4, 0.5) is 5.69 Å². The third-order valence-corrected chi connectivity index (χ3v) is 6.28. The Balaban J connectivity index is 1.64. The van der Waals surface area contributed by atoms with Gasteiger partial charge in [-0.1, -0.05) is 63.2 Å². The Morgan fingerprint density at radius 3 is 2.13 bits per heavy atom. The lowest BCUT2D eigenvalue weighted by molar-refractivity contribution is -0.118. The molecule has 30 heavy (non-hydrogen) atoms. The highest BCUT2D eigenvalue weighted by Gasteiger charge is 2.51. The van der Waals surface area contributed by atoms with Crippen LogP contribution in [0, 0.1) is 6.92 Å². The van der Waals surface area contributed by atoms with Gasteiger partial charge in [0.05, 0.1) is 16.8 Å². The predicted molar refractivity (Wildman–Crippen MR) is 120 cm³/mol. The number of nitrogens with one attached hydrogen (secondary N) is 1. The maximum atomic E-state index is 13.3. The number of rotatable bonds is 4. The molecule has 1 heterocycles. The van der Waals surface area contributed by atoms with Gasteiger partial charge in [-0.25, -0.2) is 4.68 Å². The van der Waals surface area contributed by atoms with Crippen LogP contribution in [0.1, 0.15) is 50.4 Å². The molecule has 2 aromatic carbocycles. The minimum absolute atomic E-state index is 0.0706. The summed E-state index contributed by atoms with van der Waals surface area (Å²) < 4.78 is 3.37. The van der Waals surface area contributed by atoms with E-state index < -0.39 is 5.41 Å². The van der Waals surface area contributed by atoms with Crippen molar-refractivity contribution in [3.63, 3.8) is 0 Å². The van der Waals surface area contributed by atoms with Crippen molar-refractivity contribution in [1.29, 1.82) is 0 Å². The van der Waals surface area contributed by atoms with Crippen LogP contribution in [-0.4, -0.2) is 15.3 Å². The number of nitrogens with zero attached hydrogens (tertiary/aromatic N) is 2. The first-order valence-corrected chi connectivity index (χ1v) is 10.4. The van der Waals surface area contributed by atoms with Gasteiger partial charge in [-0.15, -0.1) is 0 Å². The first-order valence-electron chi connectivity index (χ1n) is 10.4. The van der Waals surface area contributed by atoms with E-state index in [1.165, 1.54) is 5.56 Å². The molecule has 1 saturated carbocycles. The molecule has 4 rings (SSSR count). The molecule has 0 spiro atoms. The summed E-state index contributed by atoms with van der Waals surface area (Å²) in [5.41, 5.74) is 3.43. The number of aromatic nitrogens is 2. The number of carbonyl (C=O) groups is 1. The molecular weight excluding hydrogens is 374 g/mol. The van der Waals surface area contributed by atoms with E-state index >= 15 is 0 Å². The summed E-state index contributed by atoms with van der Waals surface area (Å²) >= 11 is 0. The molecule has 1 aromatic heterocycles. The fourth-order valence-corrected chi connectivity index (χ4v) is 4.01. The van der Waals surface area contributed by atoms with Crippen molar-refractivity contribution >= 4 is 11.6 Å². The Kier molecular flexibility index (Phi) is 4.72. The molecule has 1 aliphatic rings. The third-order valence-electron chi connectivity index (χ3n) is 6.28. The van der Waals surface area contributed by atoms with Gasteiger partial charge >= 0.3 is 0 Å². The summed E-state index contributed by atoms with van der Waals surface area (Å²) in [5.74, 6) is -0.1000.